The van der Waals surface area contributed by atoms with Gasteiger partial charge >= 0.3 is 0 Å². The normalized spacial score (nSPS) is 9.75. The van der Waals surface area contributed by atoms with E-state index < -0.39 is 0 Å². The fourth-order valence-electron chi connectivity index (χ4n) is 1.13. The van der Waals surface area contributed by atoms with Gasteiger partial charge in [-0.05, 0) is 22.6 Å². The predicted molar refractivity (Wildman–Crippen MR) is 57.7 cm³/mol. The second-order valence-electron chi connectivity index (χ2n) is 3.02. The van der Waals surface area contributed by atoms with Crippen molar-refractivity contribution in [2.45, 2.75) is 0 Å². The number of carbonyl (C=O) groups is 1. The van der Waals surface area contributed by atoms with Gasteiger partial charge in [-0.1, -0.05) is 23.3 Å². The number of H-pyrrole nitrogens is 1. The summed E-state index contributed by atoms with van der Waals surface area (Å²) < 4.78 is 0. The van der Waals surface area contributed by atoms with Gasteiger partial charge < -0.3 is 5.32 Å². The number of aromatic amines is 1. The molecule has 0 aliphatic carbocycles. The van der Waals surface area contributed by atoms with Gasteiger partial charge in [0.2, 0.25) is 11.9 Å². The van der Waals surface area contributed by atoms with Gasteiger partial charge in [0.15, 0.2) is 0 Å². The molecule has 16 heavy (non-hydrogen) atoms. The molecule has 2 rings (SSSR count). The molecule has 1 heterocycles. The van der Waals surface area contributed by atoms with Crippen LogP contribution in [0.15, 0.2) is 30.3 Å². The van der Waals surface area contributed by atoms with Gasteiger partial charge in [-0.2, -0.15) is 0 Å². The smallest absolute Gasteiger partial charge is 0.246 e. The first-order valence-electron chi connectivity index (χ1n) is 4.67. The minimum atomic E-state index is -0.220. The van der Waals surface area contributed by atoms with E-state index in [1.54, 1.807) is 0 Å². The topological polar surface area (TPSA) is 95.6 Å². The standard InChI is InChI=1S/C9H10N6O/c16-8(11-9-12-14-15-13-9)6-10-7-4-2-1-3-5-7/h1-5,10H,6H2,(H2,11,12,13,14,15,16). The van der Waals surface area contributed by atoms with E-state index in [1.165, 1.54) is 0 Å². The molecule has 0 aliphatic heterocycles. The number of aromatic nitrogens is 4. The Bertz CT molecular complexity index is 440. The van der Waals surface area contributed by atoms with Crippen molar-refractivity contribution in [2.24, 2.45) is 0 Å². The lowest BCUT2D eigenvalue weighted by Gasteiger charge is -2.04. The molecule has 0 spiro atoms. The predicted octanol–water partition coefficient (Wildman–Crippen LogP) is 0.250. The third-order valence-electron chi connectivity index (χ3n) is 1.83. The monoisotopic (exact) mass is 218 g/mol. The summed E-state index contributed by atoms with van der Waals surface area (Å²) in [6, 6.07) is 9.44. The Hall–Kier alpha value is -2.44. The van der Waals surface area contributed by atoms with Crippen LogP contribution < -0.4 is 10.6 Å². The summed E-state index contributed by atoms with van der Waals surface area (Å²) in [5.74, 6) is 0.0160. The maximum Gasteiger partial charge on any atom is 0.246 e. The van der Waals surface area contributed by atoms with Crippen LogP contribution in [0.4, 0.5) is 11.6 Å². The molecule has 0 atom stereocenters. The van der Waals surface area contributed by atoms with E-state index in [0.29, 0.717) is 0 Å². The fourth-order valence-corrected chi connectivity index (χ4v) is 1.13. The zero-order valence-electron chi connectivity index (χ0n) is 8.34. The van der Waals surface area contributed by atoms with E-state index in [-0.39, 0.29) is 18.4 Å². The maximum absolute atomic E-state index is 11.4. The number of tetrazole rings is 1. The summed E-state index contributed by atoms with van der Waals surface area (Å²) >= 11 is 0. The molecular formula is C9H10N6O. The zero-order valence-corrected chi connectivity index (χ0v) is 8.34. The van der Waals surface area contributed by atoms with Crippen LogP contribution in [-0.2, 0) is 4.79 Å². The van der Waals surface area contributed by atoms with Gasteiger partial charge in [-0.15, -0.1) is 0 Å². The molecule has 82 valence electrons. The fraction of sp³-hybridized carbons (Fsp3) is 0.111. The van der Waals surface area contributed by atoms with Gasteiger partial charge in [0, 0.05) is 5.69 Å². The molecule has 1 aromatic heterocycles. The third-order valence-corrected chi connectivity index (χ3v) is 1.83. The molecule has 7 heteroatoms. The summed E-state index contributed by atoms with van der Waals surface area (Å²) in [5.41, 5.74) is 0.883. The number of rotatable bonds is 4. The molecule has 0 unspecified atom stereocenters. The largest absolute Gasteiger partial charge is 0.376 e. The summed E-state index contributed by atoms with van der Waals surface area (Å²) in [6.07, 6.45) is 0. The van der Waals surface area contributed by atoms with E-state index in [2.05, 4.69) is 31.3 Å². The number of anilines is 2. The number of nitrogens with one attached hydrogen (secondary N) is 3. The lowest BCUT2D eigenvalue weighted by Crippen LogP contribution is -2.22. The number of hydrogen-bond donors (Lipinski definition) is 3. The molecule has 0 saturated heterocycles. The molecule has 1 aromatic carbocycles. The van der Waals surface area contributed by atoms with Crippen LogP contribution in [0, 0.1) is 0 Å². The lowest BCUT2D eigenvalue weighted by molar-refractivity contribution is -0.114. The van der Waals surface area contributed by atoms with E-state index in [0.717, 1.165) is 5.69 Å². The molecule has 0 radical (unpaired) electrons. The number of hydrogen-bond acceptors (Lipinski definition) is 5. The van der Waals surface area contributed by atoms with E-state index in [4.69, 9.17) is 0 Å². The van der Waals surface area contributed by atoms with E-state index >= 15 is 0 Å². The average molecular weight is 218 g/mol. The average Bonchev–Trinajstić information content (AvgIpc) is 2.81. The number of amides is 1. The van der Waals surface area contributed by atoms with Crippen molar-refractivity contribution in [1.82, 2.24) is 20.6 Å². The van der Waals surface area contributed by atoms with Gasteiger partial charge in [0.1, 0.15) is 0 Å². The Kier molecular flexibility index (Phi) is 3.07. The molecule has 7 nitrogen and oxygen atoms in total. The maximum atomic E-state index is 11.4. The summed E-state index contributed by atoms with van der Waals surface area (Å²) in [6.45, 7) is 0.157. The molecule has 0 saturated carbocycles. The number of benzene rings is 1. The molecule has 3 N–H and O–H groups in total. The van der Waals surface area contributed by atoms with Crippen molar-refractivity contribution >= 4 is 17.5 Å². The Morgan fingerprint density at radius 1 is 1.31 bits per heavy atom. The molecule has 2 aromatic rings. The Balaban J connectivity index is 1.80. The summed E-state index contributed by atoms with van der Waals surface area (Å²) in [4.78, 5) is 11.4. The van der Waals surface area contributed by atoms with Crippen molar-refractivity contribution in [3.8, 4) is 0 Å². The summed E-state index contributed by atoms with van der Waals surface area (Å²) in [5, 5.41) is 18.1. The Morgan fingerprint density at radius 3 is 2.81 bits per heavy atom. The zero-order chi connectivity index (χ0) is 11.2. The van der Waals surface area contributed by atoms with Crippen LogP contribution in [0.3, 0.4) is 0 Å². The number of carbonyl (C=O) groups excluding carboxylic acids is 1. The quantitative estimate of drug-likeness (QED) is 0.683. The first kappa shape index (κ1) is 10.1. The van der Waals surface area contributed by atoms with Crippen LogP contribution >= 0.6 is 0 Å². The van der Waals surface area contributed by atoms with E-state index in [1.807, 2.05) is 30.3 Å². The second kappa shape index (κ2) is 4.87. The van der Waals surface area contributed by atoms with Gasteiger partial charge in [0.25, 0.3) is 0 Å². The van der Waals surface area contributed by atoms with Crippen LogP contribution in [0.1, 0.15) is 0 Å². The second-order valence-corrected chi connectivity index (χ2v) is 3.02. The SMILES string of the molecule is O=C(CNc1ccccc1)Nc1nnn[nH]1. The number of nitrogens with zero attached hydrogens (tertiary/aromatic N) is 3. The van der Waals surface area contributed by atoms with E-state index in [9.17, 15) is 4.79 Å². The first-order valence-corrected chi connectivity index (χ1v) is 4.67. The minimum absolute atomic E-state index is 0.157. The summed E-state index contributed by atoms with van der Waals surface area (Å²) in [7, 11) is 0. The Morgan fingerprint density at radius 2 is 2.12 bits per heavy atom. The van der Waals surface area contributed by atoms with Crippen LogP contribution in [0.25, 0.3) is 0 Å². The highest BCUT2D eigenvalue weighted by atomic mass is 16.2. The van der Waals surface area contributed by atoms with Crippen molar-refractivity contribution in [2.75, 3.05) is 17.2 Å². The lowest BCUT2D eigenvalue weighted by atomic mass is 10.3. The van der Waals surface area contributed by atoms with Gasteiger partial charge in [-0.25, -0.2) is 5.10 Å². The van der Waals surface area contributed by atoms with Crippen LogP contribution in [0.2, 0.25) is 0 Å². The van der Waals surface area contributed by atoms with Crippen LogP contribution in [0.5, 0.6) is 0 Å². The van der Waals surface area contributed by atoms with Crippen molar-refractivity contribution in [3.63, 3.8) is 0 Å². The van der Waals surface area contributed by atoms with Crippen molar-refractivity contribution in [1.29, 1.82) is 0 Å². The molecule has 0 aliphatic rings. The van der Waals surface area contributed by atoms with Crippen molar-refractivity contribution in [3.05, 3.63) is 30.3 Å². The molecule has 0 bridgehead atoms. The first-order chi connectivity index (χ1) is 7.84. The third kappa shape index (κ3) is 2.77. The van der Waals surface area contributed by atoms with Gasteiger partial charge in [0.05, 0.1) is 6.54 Å². The van der Waals surface area contributed by atoms with Crippen LogP contribution in [-0.4, -0.2) is 33.1 Å². The molecular weight excluding hydrogens is 208 g/mol. The highest BCUT2D eigenvalue weighted by Gasteiger charge is 2.03. The van der Waals surface area contributed by atoms with Crippen molar-refractivity contribution < 1.29 is 4.79 Å². The highest BCUT2D eigenvalue weighted by Crippen LogP contribution is 2.03. The minimum Gasteiger partial charge on any atom is -0.376 e. The molecule has 0 fully saturated rings. The van der Waals surface area contributed by atoms with Gasteiger partial charge in [-0.3, -0.25) is 10.1 Å². The highest BCUT2D eigenvalue weighted by molar-refractivity contribution is 5.92. The number of para-hydroxylation sites is 1. The Labute approximate surface area is 91.3 Å². The molecule has 1 amide bonds.